The first kappa shape index (κ1) is 16.9. The number of carbonyl (C=O) groups excluding carboxylic acids is 3. The van der Waals surface area contributed by atoms with Crippen LogP contribution in [0.2, 0.25) is 0 Å². The minimum Gasteiger partial charge on any atom is -0.320 e. The lowest BCUT2D eigenvalue weighted by atomic mass is 10.1. The molecule has 1 aromatic heterocycles. The molecule has 6 nitrogen and oxygen atoms in total. The smallest absolute Gasteiger partial charge is 0.255 e. The summed E-state index contributed by atoms with van der Waals surface area (Å²) in [6.07, 6.45) is 2.24. The highest BCUT2D eigenvalue weighted by Crippen LogP contribution is 2.22. The molecule has 0 atom stereocenters. The van der Waals surface area contributed by atoms with Crippen molar-refractivity contribution in [3.05, 3.63) is 71.9 Å². The van der Waals surface area contributed by atoms with Crippen LogP contribution >= 0.6 is 0 Å². The van der Waals surface area contributed by atoms with Crippen molar-refractivity contribution >= 4 is 34.3 Å². The van der Waals surface area contributed by atoms with Gasteiger partial charge in [0.05, 0.1) is 17.7 Å². The van der Waals surface area contributed by atoms with Crippen LogP contribution in [0, 0.1) is 0 Å². The minimum atomic E-state index is -0.243. The van der Waals surface area contributed by atoms with E-state index in [2.05, 4.69) is 10.3 Å². The van der Waals surface area contributed by atoms with Crippen LogP contribution in [0.3, 0.4) is 0 Å². The SMILES string of the molecule is O=C(Nc1cccc2cccnc12)c1ccc(CN2C(=O)CCC2=O)cc1. The molecule has 0 bridgehead atoms. The Bertz CT molecular complexity index is 1020. The molecule has 0 radical (unpaired) electrons. The van der Waals surface area contributed by atoms with Gasteiger partial charge in [0.1, 0.15) is 0 Å². The van der Waals surface area contributed by atoms with Crippen molar-refractivity contribution in [2.24, 2.45) is 0 Å². The van der Waals surface area contributed by atoms with Crippen molar-refractivity contribution in [2.75, 3.05) is 5.32 Å². The number of amides is 3. The number of imide groups is 1. The van der Waals surface area contributed by atoms with Crippen molar-refractivity contribution in [3.8, 4) is 0 Å². The Morgan fingerprint density at radius 3 is 2.41 bits per heavy atom. The van der Waals surface area contributed by atoms with E-state index in [1.54, 1.807) is 30.5 Å². The summed E-state index contributed by atoms with van der Waals surface area (Å²) in [5.74, 6) is -0.538. The number of benzene rings is 2. The summed E-state index contributed by atoms with van der Waals surface area (Å²) in [6, 6.07) is 16.3. The predicted molar refractivity (Wildman–Crippen MR) is 101 cm³/mol. The highest BCUT2D eigenvalue weighted by Gasteiger charge is 2.28. The van der Waals surface area contributed by atoms with Gasteiger partial charge >= 0.3 is 0 Å². The maximum absolute atomic E-state index is 12.6. The lowest BCUT2D eigenvalue weighted by Gasteiger charge is -2.14. The standard InChI is InChI=1S/C21H17N3O3/c25-18-10-11-19(26)24(18)13-14-6-8-16(9-7-14)21(27)23-17-5-1-3-15-4-2-12-22-20(15)17/h1-9,12H,10-11,13H2,(H,23,27). The number of para-hydroxylation sites is 1. The summed E-state index contributed by atoms with van der Waals surface area (Å²) in [4.78, 5) is 41.6. The molecule has 3 amide bonds. The number of fused-ring (bicyclic) bond motifs is 1. The van der Waals surface area contributed by atoms with Crippen LogP contribution < -0.4 is 5.32 Å². The second-order valence-corrected chi connectivity index (χ2v) is 6.41. The Labute approximate surface area is 155 Å². The topological polar surface area (TPSA) is 79.4 Å². The molecule has 1 N–H and O–H groups in total. The monoisotopic (exact) mass is 359 g/mol. The zero-order valence-corrected chi connectivity index (χ0v) is 14.5. The van der Waals surface area contributed by atoms with E-state index < -0.39 is 0 Å². The number of hydrogen-bond acceptors (Lipinski definition) is 4. The van der Waals surface area contributed by atoms with E-state index in [-0.39, 0.29) is 37.1 Å². The number of carbonyl (C=O) groups is 3. The molecule has 1 fully saturated rings. The fraction of sp³-hybridized carbons (Fsp3) is 0.143. The molecular formula is C21H17N3O3. The Morgan fingerprint density at radius 1 is 0.963 bits per heavy atom. The number of aromatic nitrogens is 1. The Morgan fingerprint density at radius 2 is 1.67 bits per heavy atom. The Hall–Kier alpha value is -3.54. The van der Waals surface area contributed by atoms with Crippen molar-refractivity contribution in [2.45, 2.75) is 19.4 Å². The van der Waals surface area contributed by atoms with Crippen LogP contribution in [0.5, 0.6) is 0 Å². The number of anilines is 1. The van der Waals surface area contributed by atoms with Crippen molar-refractivity contribution < 1.29 is 14.4 Å². The minimum absolute atomic E-state index is 0.148. The third-order valence-electron chi connectivity index (χ3n) is 4.59. The van der Waals surface area contributed by atoms with Gasteiger partial charge in [-0.25, -0.2) is 0 Å². The second kappa shape index (κ2) is 6.99. The Kier molecular flexibility index (Phi) is 4.38. The molecule has 0 aliphatic carbocycles. The lowest BCUT2D eigenvalue weighted by molar-refractivity contribution is -0.139. The molecule has 3 aromatic rings. The normalized spacial score (nSPS) is 14.0. The van der Waals surface area contributed by atoms with Gasteiger partial charge in [-0.1, -0.05) is 30.3 Å². The number of nitrogens with zero attached hydrogens (tertiary/aromatic N) is 2. The molecule has 1 saturated heterocycles. The zero-order chi connectivity index (χ0) is 18.8. The maximum atomic E-state index is 12.6. The molecule has 1 aliphatic heterocycles. The van der Waals surface area contributed by atoms with Crippen molar-refractivity contribution in [3.63, 3.8) is 0 Å². The van der Waals surface area contributed by atoms with E-state index in [0.29, 0.717) is 11.3 Å². The number of rotatable bonds is 4. The predicted octanol–water partition coefficient (Wildman–Crippen LogP) is 3.14. The molecule has 1 aliphatic rings. The van der Waals surface area contributed by atoms with Crippen LogP contribution in [0.4, 0.5) is 5.69 Å². The van der Waals surface area contributed by atoms with Gasteiger partial charge in [0.15, 0.2) is 0 Å². The summed E-state index contributed by atoms with van der Waals surface area (Å²) in [5.41, 5.74) is 2.68. The van der Waals surface area contributed by atoms with Gasteiger partial charge in [-0.05, 0) is 29.8 Å². The number of nitrogens with one attached hydrogen (secondary N) is 1. The first-order valence-corrected chi connectivity index (χ1v) is 8.69. The van der Waals surface area contributed by atoms with E-state index in [1.165, 1.54) is 4.90 Å². The molecule has 0 saturated carbocycles. The van der Waals surface area contributed by atoms with Gasteiger partial charge in [-0.15, -0.1) is 0 Å². The van der Waals surface area contributed by atoms with Crippen LogP contribution in [-0.2, 0) is 16.1 Å². The molecule has 27 heavy (non-hydrogen) atoms. The largest absolute Gasteiger partial charge is 0.320 e. The van der Waals surface area contributed by atoms with Gasteiger partial charge in [-0.3, -0.25) is 24.3 Å². The van der Waals surface area contributed by atoms with E-state index in [1.807, 2.05) is 30.3 Å². The fourth-order valence-electron chi connectivity index (χ4n) is 3.14. The zero-order valence-electron chi connectivity index (χ0n) is 14.5. The van der Waals surface area contributed by atoms with Crippen molar-refractivity contribution in [1.82, 2.24) is 9.88 Å². The summed E-state index contributed by atoms with van der Waals surface area (Å²) in [7, 11) is 0. The quantitative estimate of drug-likeness (QED) is 0.726. The lowest BCUT2D eigenvalue weighted by Crippen LogP contribution is -2.28. The number of likely N-dealkylation sites (tertiary alicyclic amines) is 1. The van der Waals surface area contributed by atoms with Gasteiger partial charge in [0.25, 0.3) is 5.91 Å². The van der Waals surface area contributed by atoms with Crippen LogP contribution in [0.25, 0.3) is 10.9 Å². The fourth-order valence-corrected chi connectivity index (χ4v) is 3.14. The molecule has 0 unspecified atom stereocenters. The Balaban J connectivity index is 1.49. The first-order valence-electron chi connectivity index (χ1n) is 8.69. The third-order valence-corrected chi connectivity index (χ3v) is 4.59. The van der Waals surface area contributed by atoms with Crippen LogP contribution in [0.15, 0.2) is 60.8 Å². The average molecular weight is 359 g/mol. The molecule has 134 valence electrons. The van der Waals surface area contributed by atoms with Gasteiger partial charge in [-0.2, -0.15) is 0 Å². The molecule has 6 heteroatoms. The second-order valence-electron chi connectivity index (χ2n) is 6.41. The summed E-state index contributed by atoms with van der Waals surface area (Å²) in [5, 5.41) is 3.84. The maximum Gasteiger partial charge on any atom is 0.255 e. The summed E-state index contributed by atoms with van der Waals surface area (Å²) >= 11 is 0. The number of pyridine rings is 1. The summed E-state index contributed by atoms with van der Waals surface area (Å²) < 4.78 is 0. The van der Waals surface area contributed by atoms with Gasteiger partial charge in [0, 0.05) is 30.0 Å². The van der Waals surface area contributed by atoms with E-state index in [9.17, 15) is 14.4 Å². The van der Waals surface area contributed by atoms with Crippen LogP contribution in [0.1, 0.15) is 28.8 Å². The van der Waals surface area contributed by atoms with E-state index in [0.717, 1.165) is 16.5 Å². The molecular weight excluding hydrogens is 342 g/mol. The average Bonchev–Trinajstić information content (AvgIpc) is 3.01. The van der Waals surface area contributed by atoms with Gasteiger partial charge in [0.2, 0.25) is 11.8 Å². The molecule has 2 heterocycles. The first-order chi connectivity index (χ1) is 13.1. The van der Waals surface area contributed by atoms with Gasteiger partial charge < -0.3 is 5.32 Å². The molecule has 4 rings (SSSR count). The molecule has 0 spiro atoms. The van der Waals surface area contributed by atoms with Crippen molar-refractivity contribution in [1.29, 1.82) is 0 Å². The highest BCUT2D eigenvalue weighted by atomic mass is 16.2. The van der Waals surface area contributed by atoms with E-state index >= 15 is 0 Å². The molecule has 2 aromatic carbocycles. The highest BCUT2D eigenvalue weighted by molar-refractivity contribution is 6.08. The third kappa shape index (κ3) is 3.42. The van der Waals surface area contributed by atoms with Crippen LogP contribution in [-0.4, -0.2) is 27.6 Å². The number of hydrogen-bond donors (Lipinski definition) is 1. The van der Waals surface area contributed by atoms with E-state index in [4.69, 9.17) is 0 Å². The summed E-state index contributed by atoms with van der Waals surface area (Å²) in [6.45, 7) is 0.243.